The highest BCUT2D eigenvalue weighted by Crippen LogP contribution is 2.22. The molecule has 0 aliphatic carbocycles. The van der Waals surface area contributed by atoms with E-state index in [9.17, 15) is 0 Å². The minimum atomic E-state index is 0.369. The van der Waals surface area contributed by atoms with Gasteiger partial charge in [-0.3, -0.25) is 4.90 Å². The lowest BCUT2D eigenvalue weighted by molar-refractivity contribution is 0.211. The van der Waals surface area contributed by atoms with Crippen molar-refractivity contribution in [2.75, 3.05) is 18.4 Å². The van der Waals surface area contributed by atoms with Crippen molar-refractivity contribution in [1.29, 1.82) is 0 Å². The third kappa shape index (κ3) is 4.81. The van der Waals surface area contributed by atoms with Crippen LogP contribution in [-0.4, -0.2) is 39.2 Å². The Morgan fingerprint density at radius 3 is 2.63 bits per heavy atom. The maximum atomic E-state index is 6.08. The van der Waals surface area contributed by atoms with Crippen molar-refractivity contribution in [1.82, 2.24) is 20.1 Å². The molecule has 0 saturated carbocycles. The summed E-state index contributed by atoms with van der Waals surface area (Å²) < 4.78 is 0. The number of halogens is 1. The standard InChI is InChI=1S/C21H22ClN5/c22-18-8-4-7-17(13-18)20-14-23-26-21(25-20)24-19-9-11-27(12-10-19)15-16-5-2-1-3-6-16/h1-8,13-14,19H,9-12,15H2,(H,24,25,26). The molecule has 1 aliphatic heterocycles. The Bertz CT molecular complexity index is 879. The number of nitrogens with zero attached hydrogens (tertiary/aromatic N) is 4. The fraction of sp³-hybridized carbons (Fsp3) is 0.286. The Hall–Kier alpha value is -2.50. The third-order valence-electron chi connectivity index (χ3n) is 4.85. The van der Waals surface area contributed by atoms with Crippen molar-refractivity contribution in [2.24, 2.45) is 0 Å². The van der Waals surface area contributed by atoms with Crippen LogP contribution in [0.25, 0.3) is 11.3 Å². The van der Waals surface area contributed by atoms with Gasteiger partial charge in [0.15, 0.2) is 0 Å². The monoisotopic (exact) mass is 379 g/mol. The predicted molar refractivity (Wildman–Crippen MR) is 109 cm³/mol. The van der Waals surface area contributed by atoms with Crippen molar-refractivity contribution in [3.63, 3.8) is 0 Å². The van der Waals surface area contributed by atoms with Crippen LogP contribution in [0.15, 0.2) is 60.8 Å². The van der Waals surface area contributed by atoms with Gasteiger partial charge in [-0.2, -0.15) is 5.10 Å². The van der Waals surface area contributed by atoms with Gasteiger partial charge in [0.1, 0.15) is 0 Å². The van der Waals surface area contributed by atoms with E-state index < -0.39 is 0 Å². The zero-order chi connectivity index (χ0) is 18.5. The molecule has 0 radical (unpaired) electrons. The number of rotatable bonds is 5. The average molecular weight is 380 g/mol. The van der Waals surface area contributed by atoms with E-state index >= 15 is 0 Å². The highest BCUT2D eigenvalue weighted by molar-refractivity contribution is 6.30. The number of aromatic nitrogens is 3. The molecule has 0 spiro atoms. The molecule has 5 nitrogen and oxygen atoms in total. The number of hydrogen-bond acceptors (Lipinski definition) is 5. The van der Waals surface area contributed by atoms with E-state index in [1.807, 2.05) is 24.3 Å². The van der Waals surface area contributed by atoms with E-state index in [0.29, 0.717) is 17.0 Å². The van der Waals surface area contributed by atoms with Gasteiger partial charge in [-0.05, 0) is 30.5 Å². The molecule has 0 unspecified atom stereocenters. The Morgan fingerprint density at radius 1 is 1.04 bits per heavy atom. The molecule has 2 heterocycles. The van der Waals surface area contributed by atoms with Crippen molar-refractivity contribution in [2.45, 2.75) is 25.4 Å². The third-order valence-corrected chi connectivity index (χ3v) is 5.08. The summed E-state index contributed by atoms with van der Waals surface area (Å²) in [6, 6.07) is 18.6. The fourth-order valence-corrected chi connectivity index (χ4v) is 3.60. The predicted octanol–water partition coefficient (Wildman–Crippen LogP) is 4.27. The molecule has 2 aromatic carbocycles. The lowest BCUT2D eigenvalue weighted by Gasteiger charge is -2.32. The smallest absolute Gasteiger partial charge is 0.243 e. The van der Waals surface area contributed by atoms with Crippen LogP contribution < -0.4 is 5.32 Å². The number of nitrogens with one attached hydrogen (secondary N) is 1. The average Bonchev–Trinajstić information content (AvgIpc) is 2.71. The number of anilines is 1. The van der Waals surface area contributed by atoms with Crippen LogP contribution in [0, 0.1) is 0 Å². The highest BCUT2D eigenvalue weighted by Gasteiger charge is 2.20. The fourth-order valence-electron chi connectivity index (χ4n) is 3.41. The number of likely N-dealkylation sites (tertiary alicyclic amines) is 1. The molecular weight excluding hydrogens is 358 g/mol. The Kier molecular flexibility index (Phi) is 5.61. The quantitative estimate of drug-likeness (QED) is 0.717. The number of piperidine rings is 1. The first-order valence-corrected chi connectivity index (χ1v) is 9.62. The van der Waals surface area contributed by atoms with Crippen LogP contribution in [0.5, 0.6) is 0 Å². The topological polar surface area (TPSA) is 53.9 Å². The van der Waals surface area contributed by atoms with Gasteiger partial charge in [-0.1, -0.05) is 54.1 Å². The second-order valence-corrected chi connectivity index (χ2v) is 7.29. The van der Waals surface area contributed by atoms with Gasteiger partial charge in [-0.15, -0.1) is 5.10 Å². The minimum absolute atomic E-state index is 0.369. The van der Waals surface area contributed by atoms with Crippen molar-refractivity contribution >= 4 is 17.5 Å². The summed E-state index contributed by atoms with van der Waals surface area (Å²) in [7, 11) is 0. The molecule has 6 heteroatoms. The highest BCUT2D eigenvalue weighted by atomic mass is 35.5. The zero-order valence-corrected chi connectivity index (χ0v) is 15.8. The zero-order valence-electron chi connectivity index (χ0n) is 15.1. The summed E-state index contributed by atoms with van der Waals surface area (Å²) in [6.45, 7) is 3.14. The van der Waals surface area contributed by atoms with E-state index in [0.717, 1.165) is 43.7 Å². The number of benzene rings is 2. The summed E-state index contributed by atoms with van der Waals surface area (Å²) in [5.41, 5.74) is 3.08. The molecule has 1 aromatic heterocycles. The Morgan fingerprint density at radius 2 is 1.85 bits per heavy atom. The molecule has 0 atom stereocenters. The largest absolute Gasteiger partial charge is 0.350 e. The summed E-state index contributed by atoms with van der Waals surface area (Å²) in [6.07, 6.45) is 3.80. The minimum Gasteiger partial charge on any atom is -0.350 e. The van der Waals surface area contributed by atoms with E-state index in [-0.39, 0.29) is 0 Å². The van der Waals surface area contributed by atoms with Crippen LogP contribution in [-0.2, 0) is 6.54 Å². The van der Waals surface area contributed by atoms with Gasteiger partial charge in [0.05, 0.1) is 11.9 Å². The summed E-state index contributed by atoms with van der Waals surface area (Å²) >= 11 is 6.08. The molecule has 1 aliphatic rings. The van der Waals surface area contributed by atoms with Gasteiger partial charge in [-0.25, -0.2) is 4.98 Å². The van der Waals surface area contributed by atoms with Crippen molar-refractivity contribution < 1.29 is 0 Å². The lowest BCUT2D eigenvalue weighted by atomic mass is 10.0. The van der Waals surface area contributed by atoms with Crippen molar-refractivity contribution in [3.05, 3.63) is 71.4 Å². The van der Waals surface area contributed by atoms with Gasteiger partial charge in [0.2, 0.25) is 5.95 Å². The van der Waals surface area contributed by atoms with Gasteiger partial charge >= 0.3 is 0 Å². The molecular formula is C21H22ClN5. The maximum absolute atomic E-state index is 6.08. The molecule has 3 aromatic rings. The van der Waals surface area contributed by atoms with Crippen LogP contribution in [0.2, 0.25) is 5.02 Å². The Balaban J connectivity index is 1.35. The van der Waals surface area contributed by atoms with E-state index in [2.05, 4.69) is 55.7 Å². The SMILES string of the molecule is Clc1cccc(-c2cnnc(NC3CCN(Cc4ccccc4)CC3)n2)c1. The Labute approximate surface area is 164 Å². The van der Waals surface area contributed by atoms with Crippen LogP contribution in [0.4, 0.5) is 5.95 Å². The van der Waals surface area contributed by atoms with E-state index in [1.165, 1.54) is 5.56 Å². The van der Waals surface area contributed by atoms with Crippen LogP contribution in [0.1, 0.15) is 18.4 Å². The van der Waals surface area contributed by atoms with Gasteiger partial charge in [0, 0.05) is 36.3 Å². The van der Waals surface area contributed by atoms with Crippen LogP contribution >= 0.6 is 11.6 Å². The summed E-state index contributed by atoms with van der Waals surface area (Å²) in [4.78, 5) is 7.10. The number of hydrogen-bond donors (Lipinski definition) is 1. The molecule has 138 valence electrons. The summed E-state index contributed by atoms with van der Waals surface area (Å²) in [5.74, 6) is 0.578. The first kappa shape index (κ1) is 17.9. The molecule has 1 fully saturated rings. The second kappa shape index (κ2) is 8.46. The van der Waals surface area contributed by atoms with Gasteiger partial charge in [0.25, 0.3) is 0 Å². The first-order valence-electron chi connectivity index (χ1n) is 9.25. The maximum Gasteiger partial charge on any atom is 0.243 e. The van der Waals surface area contributed by atoms with Crippen LogP contribution in [0.3, 0.4) is 0 Å². The molecule has 1 saturated heterocycles. The molecule has 4 rings (SSSR count). The molecule has 1 N–H and O–H groups in total. The van der Waals surface area contributed by atoms with Gasteiger partial charge < -0.3 is 5.32 Å². The van der Waals surface area contributed by atoms with E-state index in [4.69, 9.17) is 11.6 Å². The second-order valence-electron chi connectivity index (χ2n) is 6.86. The van der Waals surface area contributed by atoms with Crippen molar-refractivity contribution in [3.8, 4) is 11.3 Å². The molecule has 27 heavy (non-hydrogen) atoms. The summed E-state index contributed by atoms with van der Waals surface area (Å²) in [5, 5.41) is 12.4. The molecule has 0 bridgehead atoms. The normalized spacial score (nSPS) is 15.6. The molecule has 0 amide bonds. The lowest BCUT2D eigenvalue weighted by Crippen LogP contribution is -2.39. The van der Waals surface area contributed by atoms with E-state index in [1.54, 1.807) is 6.20 Å². The first-order chi connectivity index (χ1) is 13.3.